The molecule has 0 bridgehead atoms. The Kier molecular flexibility index (Phi) is 9.06. The van der Waals surface area contributed by atoms with Crippen molar-refractivity contribution in [3.8, 4) is 5.88 Å². The second-order valence-electron chi connectivity index (χ2n) is 7.71. The molecule has 1 amide bonds. The Morgan fingerprint density at radius 2 is 1.77 bits per heavy atom. The van der Waals surface area contributed by atoms with Gasteiger partial charge in [-0.3, -0.25) is 4.79 Å². The molecule has 0 radical (unpaired) electrons. The summed E-state index contributed by atoms with van der Waals surface area (Å²) >= 11 is 0. The molecule has 1 aromatic heterocycles. The van der Waals surface area contributed by atoms with Gasteiger partial charge in [-0.25, -0.2) is 4.98 Å². The summed E-state index contributed by atoms with van der Waals surface area (Å²) in [7, 11) is 0. The number of aryl methyl sites for hydroxylation is 1. The average molecular weight is 365 g/mol. The fourth-order valence-corrected chi connectivity index (χ4v) is 3.20. The van der Waals surface area contributed by atoms with Crippen LogP contribution in [0, 0.1) is 18.8 Å². The summed E-state index contributed by atoms with van der Waals surface area (Å²) < 4.78 is 11.6. The van der Waals surface area contributed by atoms with Gasteiger partial charge in [-0.2, -0.15) is 0 Å². The fraction of sp³-hybridized carbons (Fsp3) is 0.714. The van der Waals surface area contributed by atoms with Crippen molar-refractivity contribution in [3.63, 3.8) is 0 Å². The molecule has 1 heterocycles. The minimum Gasteiger partial charge on any atom is -0.478 e. The van der Waals surface area contributed by atoms with Crippen LogP contribution in [0.3, 0.4) is 0 Å². The lowest BCUT2D eigenvalue weighted by Crippen LogP contribution is -2.48. The van der Waals surface area contributed by atoms with Crippen LogP contribution in [0.2, 0.25) is 0 Å². The van der Waals surface area contributed by atoms with Gasteiger partial charge in [0.15, 0.2) is 0 Å². The molecule has 1 N–H and O–H groups in total. The number of amides is 1. The van der Waals surface area contributed by atoms with Crippen LogP contribution >= 0.6 is 0 Å². The lowest BCUT2D eigenvalue weighted by atomic mass is 9.83. The number of carbonyl (C=O) groups excluding carboxylic acids is 1. The van der Waals surface area contributed by atoms with Gasteiger partial charge in [0.05, 0.1) is 18.0 Å². The maximum atomic E-state index is 13.3. The summed E-state index contributed by atoms with van der Waals surface area (Å²) in [5, 5.41) is 3.06. The average Bonchev–Trinajstić information content (AvgIpc) is 2.54. The number of nitrogens with zero attached hydrogens (tertiary/aromatic N) is 1. The van der Waals surface area contributed by atoms with Crippen molar-refractivity contribution in [1.29, 1.82) is 0 Å². The zero-order chi connectivity index (χ0) is 19.7. The third kappa shape index (κ3) is 6.60. The third-order valence-electron chi connectivity index (χ3n) is 4.07. The second kappa shape index (κ2) is 10.5. The molecule has 5 heteroatoms. The van der Waals surface area contributed by atoms with E-state index in [1.54, 1.807) is 6.07 Å². The minimum atomic E-state index is -0.816. The monoisotopic (exact) mass is 364 g/mol. The van der Waals surface area contributed by atoms with Gasteiger partial charge < -0.3 is 14.8 Å². The highest BCUT2D eigenvalue weighted by atomic mass is 16.5. The van der Waals surface area contributed by atoms with E-state index in [1.807, 2.05) is 19.9 Å². The number of rotatable bonds is 11. The number of hydrogen-bond acceptors (Lipinski definition) is 4. The smallest absolute Gasteiger partial charge is 0.256 e. The molecule has 0 aliphatic rings. The molecule has 0 aliphatic carbocycles. The van der Waals surface area contributed by atoms with Gasteiger partial charge in [0.2, 0.25) is 5.88 Å². The maximum Gasteiger partial charge on any atom is 0.256 e. The molecule has 0 atom stereocenters. The normalized spacial score (nSPS) is 11.9. The summed E-state index contributed by atoms with van der Waals surface area (Å²) in [5.41, 5.74) is 0.627. The van der Waals surface area contributed by atoms with Crippen LogP contribution in [0.4, 0.5) is 5.69 Å². The van der Waals surface area contributed by atoms with Crippen LogP contribution in [0.25, 0.3) is 0 Å². The van der Waals surface area contributed by atoms with E-state index in [4.69, 9.17) is 9.47 Å². The molecule has 0 saturated heterocycles. The van der Waals surface area contributed by atoms with Crippen LogP contribution in [-0.2, 0) is 9.53 Å². The Bertz CT molecular complexity index is 560. The summed E-state index contributed by atoms with van der Waals surface area (Å²) in [6.45, 7) is 15.5. The number of nitrogens with one attached hydrogen (secondary N) is 1. The number of aromatic nitrogens is 1. The number of pyridine rings is 1. The molecule has 148 valence electrons. The fourth-order valence-electron chi connectivity index (χ4n) is 3.20. The molecule has 0 aliphatic heterocycles. The van der Waals surface area contributed by atoms with Gasteiger partial charge in [0.1, 0.15) is 5.60 Å². The molecule has 0 saturated carbocycles. The van der Waals surface area contributed by atoms with Crippen LogP contribution in [0.1, 0.15) is 66.5 Å². The summed E-state index contributed by atoms with van der Waals surface area (Å²) in [6, 6.07) is 3.63. The van der Waals surface area contributed by atoms with E-state index in [0.29, 0.717) is 49.5 Å². The maximum absolute atomic E-state index is 13.3. The van der Waals surface area contributed by atoms with Crippen molar-refractivity contribution < 1.29 is 14.3 Å². The summed E-state index contributed by atoms with van der Waals surface area (Å²) in [6.07, 6.45) is 2.27. The first-order chi connectivity index (χ1) is 12.2. The van der Waals surface area contributed by atoms with E-state index < -0.39 is 5.60 Å². The molecule has 26 heavy (non-hydrogen) atoms. The Labute approximate surface area is 158 Å². The van der Waals surface area contributed by atoms with Crippen LogP contribution < -0.4 is 10.1 Å². The van der Waals surface area contributed by atoms with Crippen molar-refractivity contribution in [3.05, 3.63) is 17.8 Å². The first kappa shape index (κ1) is 22.4. The van der Waals surface area contributed by atoms with Gasteiger partial charge in [-0.05, 0) is 51.0 Å². The standard InChI is InChI=1S/C21H36N2O3/c1-8-12-26-21(13-15(3)4,14-16(5)6)20(24)23-18-10-11-19(25-9-2)22-17(18)7/h10-11,15-16H,8-9,12-14H2,1-7H3,(H,23,24). The predicted octanol–water partition coefficient (Wildman–Crippen LogP) is 4.98. The van der Waals surface area contributed by atoms with E-state index in [9.17, 15) is 4.79 Å². The third-order valence-corrected chi connectivity index (χ3v) is 4.07. The quantitative estimate of drug-likeness (QED) is 0.601. The summed E-state index contributed by atoms with van der Waals surface area (Å²) in [4.78, 5) is 17.7. The highest BCUT2D eigenvalue weighted by Crippen LogP contribution is 2.31. The topological polar surface area (TPSA) is 60.5 Å². The first-order valence-electron chi connectivity index (χ1n) is 9.79. The molecule has 0 aromatic carbocycles. The summed E-state index contributed by atoms with van der Waals surface area (Å²) in [5.74, 6) is 1.20. The lowest BCUT2D eigenvalue weighted by molar-refractivity contribution is -0.147. The largest absolute Gasteiger partial charge is 0.478 e. The number of anilines is 1. The number of carbonyl (C=O) groups is 1. The van der Waals surface area contributed by atoms with E-state index >= 15 is 0 Å². The Morgan fingerprint density at radius 1 is 1.15 bits per heavy atom. The number of hydrogen-bond donors (Lipinski definition) is 1. The molecular formula is C21H36N2O3. The van der Waals surface area contributed by atoms with Crippen LogP contribution in [0.5, 0.6) is 5.88 Å². The zero-order valence-corrected chi connectivity index (χ0v) is 17.5. The van der Waals surface area contributed by atoms with Crippen molar-refractivity contribution >= 4 is 11.6 Å². The van der Waals surface area contributed by atoms with Crippen molar-refractivity contribution in [2.24, 2.45) is 11.8 Å². The van der Waals surface area contributed by atoms with Gasteiger partial charge in [-0.15, -0.1) is 0 Å². The van der Waals surface area contributed by atoms with Gasteiger partial charge in [-0.1, -0.05) is 34.6 Å². The molecule has 1 aromatic rings. The van der Waals surface area contributed by atoms with Gasteiger partial charge in [0.25, 0.3) is 5.91 Å². The van der Waals surface area contributed by atoms with E-state index in [2.05, 4.69) is 44.9 Å². The van der Waals surface area contributed by atoms with E-state index in [-0.39, 0.29) is 5.91 Å². The lowest BCUT2D eigenvalue weighted by Gasteiger charge is -2.35. The minimum absolute atomic E-state index is 0.0811. The molecule has 0 fully saturated rings. The Balaban J connectivity index is 3.09. The van der Waals surface area contributed by atoms with Crippen molar-refractivity contribution in [1.82, 2.24) is 4.98 Å². The highest BCUT2D eigenvalue weighted by molar-refractivity contribution is 5.97. The second-order valence-corrected chi connectivity index (χ2v) is 7.71. The zero-order valence-electron chi connectivity index (χ0n) is 17.5. The SMILES string of the molecule is CCCOC(CC(C)C)(CC(C)C)C(=O)Nc1ccc(OCC)nc1C. The van der Waals surface area contributed by atoms with Crippen molar-refractivity contribution in [2.45, 2.75) is 73.3 Å². The van der Waals surface area contributed by atoms with Crippen LogP contribution in [0.15, 0.2) is 12.1 Å². The van der Waals surface area contributed by atoms with Crippen LogP contribution in [-0.4, -0.2) is 29.7 Å². The molecule has 1 rings (SSSR count). The van der Waals surface area contributed by atoms with Gasteiger partial charge in [0, 0.05) is 12.7 Å². The Hall–Kier alpha value is -1.62. The van der Waals surface area contributed by atoms with E-state index in [1.165, 1.54) is 0 Å². The molecule has 5 nitrogen and oxygen atoms in total. The predicted molar refractivity (Wildman–Crippen MR) is 107 cm³/mol. The first-order valence-corrected chi connectivity index (χ1v) is 9.79. The number of ether oxygens (including phenoxy) is 2. The molecule has 0 spiro atoms. The van der Waals surface area contributed by atoms with Gasteiger partial charge >= 0.3 is 0 Å². The molecular weight excluding hydrogens is 328 g/mol. The highest BCUT2D eigenvalue weighted by Gasteiger charge is 2.40. The molecule has 0 unspecified atom stereocenters. The Morgan fingerprint density at radius 3 is 2.23 bits per heavy atom. The van der Waals surface area contributed by atoms with Crippen molar-refractivity contribution in [2.75, 3.05) is 18.5 Å². The van der Waals surface area contributed by atoms with E-state index in [0.717, 1.165) is 12.1 Å².